The zero-order valence-corrected chi connectivity index (χ0v) is 8.05. The monoisotopic (exact) mass is 180 g/mol. The number of piperidine rings is 1. The van der Waals surface area contributed by atoms with Crippen molar-refractivity contribution in [1.29, 1.82) is 0 Å². The molecule has 1 aliphatic heterocycles. The second-order valence-corrected chi connectivity index (χ2v) is 3.56. The van der Waals surface area contributed by atoms with Gasteiger partial charge in [-0.05, 0) is 19.4 Å². The first kappa shape index (κ1) is 8.75. The van der Waals surface area contributed by atoms with Gasteiger partial charge < -0.3 is 9.73 Å². The van der Waals surface area contributed by atoms with Crippen LogP contribution in [0.25, 0.3) is 0 Å². The summed E-state index contributed by atoms with van der Waals surface area (Å²) in [6.07, 6.45) is 5.22. The molecule has 1 unspecified atom stereocenters. The van der Waals surface area contributed by atoms with Gasteiger partial charge in [0.15, 0.2) is 5.89 Å². The molecular formula is C10H16N2O. The van der Waals surface area contributed by atoms with Crippen molar-refractivity contribution in [1.82, 2.24) is 10.3 Å². The van der Waals surface area contributed by atoms with Gasteiger partial charge in [0, 0.05) is 18.9 Å². The second-order valence-electron chi connectivity index (χ2n) is 3.56. The first-order valence-electron chi connectivity index (χ1n) is 5.05. The molecule has 72 valence electrons. The van der Waals surface area contributed by atoms with Crippen LogP contribution in [-0.2, 0) is 6.42 Å². The van der Waals surface area contributed by atoms with Crippen molar-refractivity contribution in [3.63, 3.8) is 0 Å². The minimum absolute atomic E-state index is 0.494. The van der Waals surface area contributed by atoms with Crippen molar-refractivity contribution in [3.8, 4) is 0 Å². The lowest BCUT2D eigenvalue weighted by atomic mass is 10.00. The van der Waals surface area contributed by atoms with Crippen molar-refractivity contribution in [3.05, 3.63) is 17.8 Å². The second kappa shape index (κ2) is 3.92. The molecule has 3 nitrogen and oxygen atoms in total. The topological polar surface area (TPSA) is 38.1 Å². The summed E-state index contributed by atoms with van der Waals surface area (Å²) in [6.45, 7) is 4.24. The van der Waals surface area contributed by atoms with Crippen molar-refractivity contribution >= 4 is 0 Å². The van der Waals surface area contributed by atoms with Crippen molar-refractivity contribution in [2.24, 2.45) is 0 Å². The van der Waals surface area contributed by atoms with Crippen LogP contribution in [0.2, 0.25) is 0 Å². The number of aryl methyl sites for hydroxylation is 1. The molecule has 3 heteroatoms. The van der Waals surface area contributed by atoms with Gasteiger partial charge in [-0.3, -0.25) is 0 Å². The zero-order valence-electron chi connectivity index (χ0n) is 8.05. The van der Waals surface area contributed by atoms with Gasteiger partial charge in [-0.25, -0.2) is 4.98 Å². The fourth-order valence-corrected chi connectivity index (χ4v) is 1.74. The molecule has 1 N–H and O–H groups in total. The van der Waals surface area contributed by atoms with E-state index >= 15 is 0 Å². The third-order valence-corrected chi connectivity index (χ3v) is 2.57. The quantitative estimate of drug-likeness (QED) is 0.752. The van der Waals surface area contributed by atoms with Crippen LogP contribution in [-0.4, -0.2) is 18.1 Å². The lowest BCUT2D eigenvalue weighted by molar-refractivity contribution is 0.364. The molecule has 0 bridgehead atoms. The van der Waals surface area contributed by atoms with Crippen LogP contribution < -0.4 is 5.32 Å². The van der Waals surface area contributed by atoms with Gasteiger partial charge in [0.05, 0.1) is 6.20 Å². The molecule has 1 aromatic rings. The third-order valence-electron chi connectivity index (χ3n) is 2.57. The molecule has 2 heterocycles. The maximum atomic E-state index is 5.62. The van der Waals surface area contributed by atoms with E-state index in [1.54, 1.807) is 0 Å². The summed E-state index contributed by atoms with van der Waals surface area (Å²) in [4.78, 5) is 4.30. The number of hydrogen-bond acceptors (Lipinski definition) is 3. The molecule has 0 aliphatic carbocycles. The van der Waals surface area contributed by atoms with Gasteiger partial charge in [0.2, 0.25) is 0 Å². The van der Waals surface area contributed by atoms with Crippen LogP contribution in [0.5, 0.6) is 0 Å². The maximum absolute atomic E-state index is 5.62. The first-order valence-corrected chi connectivity index (χ1v) is 5.05. The average molecular weight is 180 g/mol. The highest BCUT2D eigenvalue weighted by Crippen LogP contribution is 2.22. The van der Waals surface area contributed by atoms with Crippen LogP contribution in [0.4, 0.5) is 0 Å². The predicted molar refractivity (Wildman–Crippen MR) is 50.7 cm³/mol. The van der Waals surface area contributed by atoms with E-state index in [1.807, 2.05) is 6.20 Å². The number of hydrogen-bond donors (Lipinski definition) is 1. The largest absolute Gasteiger partial charge is 0.445 e. The molecule has 1 atom stereocenters. The molecule has 1 fully saturated rings. The zero-order chi connectivity index (χ0) is 9.10. The summed E-state index contributed by atoms with van der Waals surface area (Å²) in [6, 6.07) is 0. The SMILES string of the molecule is CCc1cnc(C2CCCNC2)o1. The lowest BCUT2D eigenvalue weighted by Gasteiger charge is -2.19. The van der Waals surface area contributed by atoms with E-state index in [9.17, 15) is 0 Å². The molecular weight excluding hydrogens is 164 g/mol. The molecule has 0 amide bonds. The van der Waals surface area contributed by atoms with Gasteiger partial charge in [0.25, 0.3) is 0 Å². The Morgan fingerprint density at radius 1 is 1.69 bits per heavy atom. The van der Waals surface area contributed by atoms with E-state index in [4.69, 9.17) is 4.42 Å². The molecule has 1 aliphatic rings. The molecule has 13 heavy (non-hydrogen) atoms. The Morgan fingerprint density at radius 3 is 3.23 bits per heavy atom. The summed E-state index contributed by atoms with van der Waals surface area (Å²) in [5, 5.41) is 3.36. The number of rotatable bonds is 2. The Hall–Kier alpha value is -0.830. The Balaban J connectivity index is 2.05. The molecule has 2 rings (SSSR count). The molecule has 1 aromatic heterocycles. The van der Waals surface area contributed by atoms with Crippen molar-refractivity contribution in [2.45, 2.75) is 32.1 Å². The smallest absolute Gasteiger partial charge is 0.198 e. The standard InChI is InChI=1S/C10H16N2O/c1-2-9-7-12-10(13-9)8-4-3-5-11-6-8/h7-8,11H,2-6H2,1H3. The van der Waals surface area contributed by atoms with Gasteiger partial charge >= 0.3 is 0 Å². The summed E-state index contributed by atoms with van der Waals surface area (Å²) < 4.78 is 5.62. The minimum Gasteiger partial charge on any atom is -0.445 e. The van der Waals surface area contributed by atoms with Gasteiger partial charge in [0.1, 0.15) is 5.76 Å². The highest BCUT2D eigenvalue weighted by Gasteiger charge is 2.19. The number of aromatic nitrogens is 1. The highest BCUT2D eigenvalue weighted by molar-refractivity contribution is 5.00. The summed E-state index contributed by atoms with van der Waals surface area (Å²) >= 11 is 0. The lowest BCUT2D eigenvalue weighted by Crippen LogP contribution is -2.28. The maximum Gasteiger partial charge on any atom is 0.198 e. The van der Waals surface area contributed by atoms with Crippen molar-refractivity contribution in [2.75, 3.05) is 13.1 Å². The molecule has 0 aromatic carbocycles. The number of oxazole rings is 1. The van der Waals surface area contributed by atoms with Crippen LogP contribution >= 0.6 is 0 Å². The number of nitrogens with one attached hydrogen (secondary N) is 1. The summed E-state index contributed by atoms with van der Waals surface area (Å²) in [7, 11) is 0. The Morgan fingerprint density at radius 2 is 2.62 bits per heavy atom. The summed E-state index contributed by atoms with van der Waals surface area (Å²) in [5.41, 5.74) is 0. The predicted octanol–water partition coefficient (Wildman–Crippen LogP) is 1.70. The molecule has 0 spiro atoms. The van der Waals surface area contributed by atoms with E-state index in [0.29, 0.717) is 5.92 Å². The summed E-state index contributed by atoms with van der Waals surface area (Å²) in [5.74, 6) is 2.42. The fourth-order valence-electron chi connectivity index (χ4n) is 1.74. The van der Waals surface area contributed by atoms with E-state index in [2.05, 4.69) is 17.2 Å². The fraction of sp³-hybridized carbons (Fsp3) is 0.700. The molecule has 0 radical (unpaired) electrons. The number of nitrogens with zero attached hydrogens (tertiary/aromatic N) is 1. The van der Waals surface area contributed by atoms with E-state index in [-0.39, 0.29) is 0 Å². The van der Waals surface area contributed by atoms with Gasteiger partial charge in [-0.2, -0.15) is 0 Å². The first-order chi connectivity index (χ1) is 6.40. The van der Waals surface area contributed by atoms with Crippen LogP contribution in [0.15, 0.2) is 10.6 Å². The Bertz CT molecular complexity index is 264. The third kappa shape index (κ3) is 1.91. The highest BCUT2D eigenvalue weighted by atomic mass is 16.4. The molecule has 0 saturated carbocycles. The normalized spacial score (nSPS) is 23.3. The minimum atomic E-state index is 0.494. The van der Waals surface area contributed by atoms with E-state index in [1.165, 1.54) is 12.8 Å². The van der Waals surface area contributed by atoms with Crippen molar-refractivity contribution < 1.29 is 4.42 Å². The van der Waals surface area contributed by atoms with Gasteiger partial charge in [-0.15, -0.1) is 0 Å². The molecule has 1 saturated heterocycles. The Kier molecular flexibility index (Phi) is 2.64. The van der Waals surface area contributed by atoms with Crippen LogP contribution in [0, 0.1) is 0 Å². The van der Waals surface area contributed by atoms with Gasteiger partial charge in [-0.1, -0.05) is 6.92 Å². The van der Waals surface area contributed by atoms with E-state index in [0.717, 1.165) is 31.2 Å². The van der Waals surface area contributed by atoms with E-state index < -0.39 is 0 Å². The van der Waals surface area contributed by atoms with Crippen LogP contribution in [0.1, 0.15) is 37.3 Å². The average Bonchev–Trinajstić information content (AvgIpc) is 2.67. The van der Waals surface area contributed by atoms with Crippen LogP contribution in [0.3, 0.4) is 0 Å². The Labute approximate surface area is 78.5 Å².